The van der Waals surface area contributed by atoms with E-state index >= 15 is 0 Å². The summed E-state index contributed by atoms with van der Waals surface area (Å²) in [7, 11) is 3.53. The van der Waals surface area contributed by atoms with Gasteiger partial charge in [-0.15, -0.1) is 24.0 Å². The van der Waals surface area contributed by atoms with E-state index in [0.29, 0.717) is 19.1 Å². The molecule has 1 aliphatic rings. The van der Waals surface area contributed by atoms with Crippen molar-refractivity contribution in [1.82, 2.24) is 20.0 Å². The fraction of sp³-hybridized carbons (Fsp3) is 0.500. The molecule has 0 bridgehead atoms. The Hall–Kier alpha value is -1.65. The van der Waals surface area contributed by atoms with Gasteiger partial charge in [0.2, 0.25) is 0 Å². The number of nitrogens with one attached hydrogen (secondary N) is 1. The fourth-order valence-electron chi connectivity index (χ4n) is 3.25. The number of hydrogen-bond donors (Lipinski definition) is 1. The van der Waals surface area contributed by atoms with Crippen molar-refractivity contribution in [1.29, 1.82) is 0 Å². The number of nitrogens with zero attached hydrogens (tertiary/aromatic N) is 4. The second kappa shape index (κ2) is 12.0. The summed E-state index contributed by atoms with van der Waals surface area (Å²) in [5, 5.41) is 7.72. The molecule has 0 spiro atoms. The van der Waals surface area contributed by atoms with Gasteiger partial charge in [0.15, 0.2) is 5.96 Å². The molecule has 1 aliphatic heterocycles. The molecular weight excluding hydrogens is 469 g/mol. The van der Waals surface area contributed by atoms with Crippen LogP contribution in [0.25, 0.3) is 5.69 Å². The molecule has 28 heavy (non-hydrogen) atoms. The van der Waals surface area contributed by atoms with Crippen molar-refractivity contribution in [3.05, 3.63) is 48.3 Å². The van der Waals surface area contributed by atoms with Gasteiger partial charge in [-0.05, 0) is 30.2 Å². The number of rotatable bonds is 8. The molecule has 1 aromatic heterocycles. The van der Waals surface area contributed by atoms with Gasteiger partial charge >= 0.3 is 0 Å². The molecule has 3 rings (SSSR count). The van der Waals surface area contributed by atoms with Crippen molar-refractivity contribution >= 4 is 29.9 Å². The number of hydrogen-bond acceptors (Lipinski definition) is 4. The number of guanidine groups is 1. The maximum Gasteiger partial charge on any atom is 0.193 e. The second-order valence-electron chi connectivity index (χ2n) is 6.69. The topological polar surface area (TPSA) is 63.9 Å². The Balaban J connectivity index is 0.00000280. The molecule has 8 heteroatoms. The maximum absolute atomic E-state index is 5.67. The molecule has 1 fully saturated rings. The molecule has 0 saturated carbocycles. The zero-order valence-corrected chi connectivity index (χ0v) is 18.9. The van der Waals surface area contributed by atoms with Gasteiger partial charge in [0.1, 0.15) is 0 Å². The minimum atomic E-state index is 0. The third kappa shape index (κ3) is 6.46. The highest BCUT2D eigenvalue weighted by Gasteiger charge is 2.24. The van der Waals surface area contributed by atoms with E-state index in [1.165, 1.54) is 5.56 Å². The summed E-state index contributed by atoms with van der Waals surface area (Å²) >= 11 is 0. The zero-order valence-electron chi connectivity index (χ0n) is 16.6. The number of ether oxygens (including phenoxy) is 2. The summed E-state index contributed by atoms with van der Waals surface area (Å²) in [6.45, 7) is 4.83. The molecular formula is C20H30IN5O2. The molecule has 7 nitrogen and oxygen atoms in total. The Bertz CT molecular complexity index is 706. The van der Waals surface area contributed by atoms with Gasteiger partial charge in [0.05, 0.1) is 25.5 Å². The van der Waals surface area contributed by atoms with E-state index in [4.69, 9.17) is 9.47 Å². The first-order chi connectivity index (χ1) is 13.3. The third-order valence-corrected chi connectivity index (χ3v) is 4.74. The standard InChI is InChI=1S/C20H29N5O2.HI/c1-21-20(24-11-8-18(15-24)16-27-13-12-26-2)22-14-17-4-6-19(7-5-17)25-10-3-9-23-25;/h3-7,9-10,18H,8,11-16H2,1-2H3,(H,21,22);1H. The third-order valence-electron chi connectivity index (χ3n) is 4.74. The maximum atomic E-state index is 5.67. The van der Waals surface area contributed by atoms with Crippen LogP contribution in [0.4, 0.5) is 0 Å². The lowest BCUT2D eigenvalue weighted by molar-refractivity contribution is 0.0536. The quantitative estimate of drug-likeness (QED) is 0.262. The van der Waals surface area contributed by atoms with Crippen molar-refractivity contribution in [3.63, 3.8) is 0 Å². The summed E-state index contributed by atoms with van der Waals surface area (Å²) in [6.07, 6.45) is 4.86. The number of benzene rings is 1. The van der Waals surface area contributed by atoms with E-state index in [2.05, 4.69) is 44.6 Å². The minimum Gasteiger partial charge on any atom is -0.382 e. The van der Waals surface area contributed by atoms with Crippen LogP contribution in [0.2, 0.25) is 0 Å². The lowest BCUT2D eigenvalue weighted by atomic mass is 10.1. The lowest BCUT2D eigenvalue weighted by Gasteiger charge is -2.22. The molecule has 0 radical (unpaired) electrons. The molecule has 1 saturated heterocycles. The smallest absolute Gasteiger partial charge is 0.193 e. The number of aliphatic imine (C=N–C) groups is 1. The summed E-state index contributed by atoms with van der Waals surface area (Å²) < 4.78 is 12.5. The van der Waals surface area contributed by atoms with Crippen LogP contribution < -0.4 is 5.32 Å². The molecule has 1 aromatic carbocycles. The fourth-order valence-corrected chi connectivity index (χ4v) is 3.25. The van der Waals surface area contributed by atoms with E-state index < -0.39 is 0 Å². The SMILES string of the molecule is CN=C(NCc1ccc(-n2cccn2)cc1)N1CCC(COCCOC)C1.I. The molecule has 1 N–H and O–H groups in total. The van der Waals surface area contributed by atoms with Crippen LogP contribution in [0.1, 0.15) is 12.0 Å². The predicted octanol–water partition coefficient (Wildman–Crippen LogP) is 2.55. The van der Waals surface area contributed by atoms with Gasteiger partial charge in [-0.25, -0.2) is 4.68 Å². The van der Waals surface area contributed by atoms with Crippen molar-refractivity contribution in [2.45, 2.75) is 13.0 Å². The van der Waals surface area contributed by atoms with Gasteiger partial charge in [0.25, 0.3) is 0 Å². The Kier molecular flexibility index (Phi) is 9.72. The van der Waals surface area contributed by atoms with Crippen molar-refractivity contribution < 1.29 is 9.47 Å². The molecule has 0 amide bonds. The van der Waals surface area contributed by atoms with Crippen molar-refractivity contribution in [2.75, 3.05) is 47.1 Å². The average Bonchev–Trinajstić information content (AvgIpc) is 3.39. The Morgan fingerprint density at radius 3 is 2.79 bits per heavy atom. The largest absolute Gasteiger partial charge is 0.382 e. The Labute approximate surface area is 184 Å². The first-order valence-electron chi connectivity index (χ1n) is 9.41. The van der Waals surface area contributed by atoms with Crippen molar-refractivity contribution in [3.8, 4) is 5.69 Å². The lowest BCUT2D eigenvalue weighted by Crippen LogP contribution is -2.39. The number of aromatic nitrogens is 2. The minimum absolute atomic E-state index is 0. The highest BCUT2D eigenvalue weighted by atomic mass is 127. The number of halogens is 1. The summed E-state index contributed by atoms with van der Waals surface area (Å²) in [4.78, 5) is 6.75. The van der Waals surface area contributed by atoms with E-state index in [9.17, 15) is 0 Å². The van der Waals surface area contributed by atoms with E-state index in [1.807, 2.05) is 24.0 Å². The molecule has 2 heterocycles. The molecule has 154 valence electrons. The van der Waals surface area contributed by atoms with Crippen LogP contribution in [0.5, 0.6) is 0 Å². The average molecular weight is 499 g/mol. The predicted molar refractivity (Wildman–Crippen MR) is 122 cm³/mol. The Morgan fingerprint density at radius 1 is 1.29 bits per heavy atom. The highest BCUT2D eigenvalue weighted by molar-refractivity contribution is 14.0. The van der Waals surface area contributed by atoms with Gasteiger partial charge in [-0.1, -0.05) is 12.1 Å². The monoisotopic (exact) mass is 499 g/mol. The van der Waals surface area contributed by atoms with Gasteiger partial charge in [-0.3, -0.25) is 4.99 Å². The first kappa shape index (κ1) is 22.6. The Morgan fingerprint density at radius 2 is 2.11 bits per heavy atom. The van der Waals surface area contributed by atoms with E-state index in [-0.39, 0.29) is 24.0 Å². The van der Waals surface area contributed by atoms with Crippen LogP contribution in [0, 0.1) is 5.92 Å². The van der Waals surface area contributed by atoms with Crippen LogP contribution in [-0.4, -0.2) is 67.7 Å². The first-order valence-corrected chi connectivity index (χ1v) is 9.41. The highest BCUT2D eigenvalue weighted by Crippen LogP contribution is 2.17. The number of likely N-dealkylation sites (tertiary alicyclic amines) is 1. The normalized spacial score (nSPS) is 16.9. The molecule has 1 atom stereocenters. The van der Waals surface area contributed by atoms with Crippen molar-refractivity contribution in [2.24, 2.45) is 10.9 Å². The summed E-state index contributed by atoms with van der Waals surface area (Å²) in [5.41, 5.74) is 2.27. The molecule has 2 aromatic rings. The van der Waals surface area contributed by atoms with Crippen LogP contribution in [0.3, 0.4) is 0 Å². The molecule has 0 aliphatic carbocycles. The van der Waals surface area contributed by atoms with E-state index in [1.54, 1.807) is 13.3 Å². The van der Waals surface area contributed by atoms with Gasteiger partial charge in [0, 0.05) is 52.1 Å². The molecule has 1 unspecified atom stereocenters. The van der Waals surface area contributed by atoms with Crippen LogP contribution >= 0.6 is 24.0 Å². The number of methoxy groups -OCH3 is 1. The zero-order chi connectivity index (χ0) is 18.9. The van der Waals surface area contributed by atoms with Crippen LogP contribution in [0.15, 0.2) is 47.7 Å². The summed E-state index contributed by atoms with van der Waals surface area (Å²) in [6, 6.07) is 10.3. The van der Waals surface area contributed by atoms with Gasteiger partial charge < -0.3 is 19.7 Å². The van der Waals surface area contributed by atoms with Crippen LogP contribution in [-0.2, 0) is 16.0 Å². The van der Waals surface area contributed by atoms with Gasteiger partial charge in [-0.2, -0.15) is 5.10 Å². The van der Waals surface area contributed by atoms with E-state index in [0.717, 1.165) is 44.3 Å². The summed E-state index contributed by atoms with van der Waals surface area (Å²) in [5.74, 6) is 1.50. The second-order valence-corrected chi connectivity index (χ2v) is 6.69.